The molecule has 0 amide bonds. The molecule has 0 spiro atoms. The van der Waals surface area contributed by atoms with E-state index in [0.29, 0.717) is 6.54 Å². The molecule has 16 heavy (non-hydrogen) atoms. The van der Waals surface area contributed by atoms with Gasteiger partial charge in [0.1, 0.15) is 0 Å². The quantitative estimate of drug-likeness (QED) is 0.794. The average molecular weight is 281 g/mol. The van der Waals surface area contributed by atoms with Crippen molar-refractivity contribution in [2.24, 2.45) is 0 Å². The Balaban J connectivity index is 1.98. The van der Waals surface area contributed by atoms with Crippen molar-refractivity contribution in [1.82, 2.24) is 9.80 Å². The lowest BCUT2D eigenvalue weighted by Gasteiger charge is -2.17. The van der Waals surface area contributed by atoms with Crippen molar-refractivity contribution in [1.29, 1.82) is 0 Å². The lowest BCUT2D eigenvalue weighted by atomic mass is 10.1. The van der Waals surface area contributed by atoms with Crippen LogP contribution < -0.4 is 0 Å². The number of carbonyl (C=O) groups excluding carboxylic acids is 1. The number of nitrogens with zero attached hydrogens (tertiary/aromatic N) is 2. The van der Waals surface area contributed by atoms with Crippen molar-refractivity contribution in [2.45, 2.75) is 0 Å². The molecular formula is C12H13BrN2O. The number of hydrogen-bond donors (Lipinski definition) is 0. The van der Waals surface area contributed by atoms with E-state index in [0.717, 1.165) is 16.7 Å². The zero-order chi connectivity index (χ0) is 11.5. The van der Waals surface area contributed by atoms with Crippen LogP contribution >= 0.6 is 15.9 Å². The molecule has 0 saturated heterocycles. The van der Waals surface area contributed by atoms with E-state index in [1.165, 1.54) is 0 Å². The first kappa shape index (κ1) is 11.2. The van der Waals surface area contributed by atoms with E-state index in [1.807, 2.05) is 53.5 Å². The first-order valence-corrected chi connectivity index (χ1v) is 5.86. The van der Waals surface area contributed by atoms with Crippen molar-refractivity contribution < 1.29 is 4.79 Å². The maximum atomic E-state index is 11.9. The van der Waals surface area contributed by atoms with Crippen molar-refractivity contribution in [3.05, 3.63) is 46.7 Å². The second kappa shape index (κ2) is 4.70. The molecule has 0 N–H and O–H groups in total. The van der Waals surface area contributed by atoms with E-state index in [9.17, 15) is 4.79 Å². The summed E-state index contributed by atoms with van der Waals surface area (Å²) in [5, 5.41) is 0. The van der Waals surface area contributed by atoms with Crippen LogP contribution in [0.2, 0.25) is 0 Å². The number of ketones is 1. The number of rotatable bonds is 3. The Labute approximate surface area is 103 Å². The van der Waals surface area contributed by atoms with Crippen LogP contribution in [0, 0.1) is 0 Å². The van der Waals surface area contributed by atoms with Gasteiger partial charge in [0.15, 0.2) is 5.78 Å². The molecule has 3 nitrogen and oxygen atoms in total. The minimum atomic E-state index is 0.146. The molecule has 1 aliphatic rings. The highest BCUT2D eigenvalue weighted by molar-refractivity contribution is 9.10. The maximum Gasteiger partial charge on any atom is 0.182 e. The van der Waals surface area contributed by atoms with E-state index in [-0.39, 0.29) is 5.78 Å². The van der Waals surface area contributed by atoms with Gasteiger partial charge >= 0.3 is 0 Å². The summed E-state index contributed by atoms with van der Waals surface area (Å²) >= 11 is 3.35. The monoisotopic (exact) mass is 280 g/mol. The van der Waals surface area contributed by atoms with Gasteiger partial charge in [-0.25, -0.2) is 0 Å². The van der Waals surface area contributed by atoms with E-state index >= 15 is 0 Å². The van der Waals surface area contributed by atoms with Gasteiger partial charge in [-0.15, -0.1) is 0 Å². The zero-order valence-corrected chi connectivity index (χ0v) is 10.6. The van der Waals surface area contributed by atoms with Gasteiger partial charge in [0.2, 0.25) is 0 Å². The molecular weight excluding hydrogens is 268 g/mol. The van der Waals surface area contributed by atoms with E-state index in [2.05, 4.69) is 15.9 Å². The third-order valence-electron chi connectivity index (χ3n) is 2.45. The fraction of sp³-hybridized carbons (Fsp3) is 0.250. The molecule has 0 atom stereocenters. The van der Waals surface area contributed by atoms with Crippen molar-refractivity contribution in [3.8, 4) is 0 Å². The van der Waals surface area contributed by atoms with Crippen molar-refractivity contribution in [3.63, 3.8) is 0 Å². The summed E-state index contributed by atoms with van der Waals surface area (Å²) in [6.07, 6.45) is 3.91. The molecule has 0 unspecified atom stereocenters. The predicted molar refractivity (Wildman–Crippen MR) is 66.9 cm³/mol. The van der Waals surface area contributed by atoms with Crippen LogP contribution in [-0.4, -0.2) is 35.8 Å². The lowest BCUT2D eigenvalue weighted by Crippen LogP contribution is -2.27. The Morgan fingerprint density at radius 1 is 1.31 bits per heavy atom. The van der Waals surface area contributed by atoms with Gasteiger partial charge in [0.05, 0.1) is 13.2 Å². The number of Topliss-reactive ketones (excluding diaryl/α,β-unsaturated/α-hetero) is 1. The van der Waals surface area contributed by atoms with Gasteiger partial charge in [-0.3, -0.25) is 4.79 Å². The molecule has 0 aliphatic carbocycles. The molecule has 0 aromatic heterocycles. The smallest absolute Gasteiger partial charge is 0.182 e. The Bertz CT molecular complexity index is 414. The Hall–Kier alpha value is -1.29. The summed E-state index contributed by atoms with van der Waals surface area (Å²) in [6.45, 7) is 1.21. The molecule has 84 valence electrons. The molecule has 1 aromatic rings. The van der Waals surface area contributed by atoms with Crippen molar-refractivity contribution >= 4 is 21.7 Å². The first-order chi connectivity index (χ1) is 7.65. The number of halogens is 1. The first-order valence-electron chi connectivity index (χ1n) is 5.06. The molecule has 0 radical (unpaired) electrons. The van der Waals surface area contributed by atoms with Crippen LogP contribution in [0.25, 0.3) is 0 Å². The van der Waals surface area contributed by atoms with E-state index in [1.54, 1.807) is 0 Å². The minimum absolute atomic E-state index is 0.146. The summed E-state index contributed by atoms with van der Waals surface area (Å²) < 4.78 is 0.991. The SMILES string of the molecule is CN1C=CN(CC(=O)c2ccc(Br)cc2)C1. The molecule has 4 heteroatoms. The number of hydrogen-bond acceptors (Lipinski definition) is 3. The normalized spacial score (nSPS) is 14.6. The average Bonchev–Trinajstić information content (AvgIpc) is 2.65. The molecule has 1 aromatic carbocycles. The van der Waals surface area contributed by atoms with E-state index in [4.69, 9.17) is 0 Å². The second-order valence-corrected chi connectivity index (χ2v) is 4.79. The van der Waals surface area contributed by atoms with Gasteiger partial charge in [-0.1, -0.05) is 28.1 Å². The van der Waals surface area contributed by atoms with Gasteiger partial charge in [-0.05, 0) is 12.1 Å². The Morgan fingerprint density at radius 3 is 2.56 bits per heavy atom. The summed E-state index contributed by atoms with van der Waals surface area (Å²) in [7, 11) is 1.99. The van der Waals surface area contributed by atoms with Gasteiger partial charge in [0.25, 0.3) is 0 Å². The zero-order valence-electron chi connectivity index (χ0n) is 9.06. The highest BCUT2D eigenvalue weighted by Crippen LogP contribution is 2.12. The van der Waals surface area contributed by atoms with E-state index < -0.39 is 0 Å². The van der Waals surface area contributed by atoms with Gasteiger partial charge < -0.3 is 9.80 Å². The van der Waals surface area contributed by atoms with Crippen LogP contribution in [0.1, 0.15) is 10.4 Å². The van der Waals surface area contributed by atoms with Crippen LogP contribution in [0.4, 0.5) is 0 Å². The Kier molecular flexibility index (Phi) is 3.29. The fourth-order valence-electron chi connectivity index (χ4n) is 1.60. The second-order valence-electron chi connectivity index (χ2n) is 3.87. The van der Waals surface area contributed by atoms with Gasteiger partial charge in [0, 0.05) is 29.5 Å². The highest BCUT2D eigenvalue weighted by Gasteiger charge is 2.13. The standard InChI is InChI=1S/C12H13BrN2O/c1-14-6-7-15(9-14)8-12(16)10-2-4-11(13)5-3-10/h2-7H,8-9H2,1H3. The molecule has 1 heterocycles. The predicted octanol–water partition coefficient (Wildman–Crippen LogP) is 2.31. The van der Waals surface area contributed by atoms with Crippen LogP contribution in [0.15, 0.2) is 41.1 Å². The summed E-state index contributed by atoms with van der Waals surface area (Å²) in [4.78, 5) is 15.9. The third-order valence-corrected chi connectivity index (χ3v) is 2.98. The Morgan fingerprint density at radius 2 is 2.00 bits per heavy atom. The molecule has 0 fully saturated rings. The summed E-state index contributed by atoms with van der Waals surface area (Å²) in [6, 6.07) is 7.46. The largest absolute Gasteiger partial charge is 0.362 e. The molecule has 1 aliphatic heterocycles. The number of benzene rings is 1. The maximum absolute atomic E-state index is 11.9. The third kappa shape index (κ3) is 2.64. The number of carbonyl (C=O) groups is 1. The van der Waals surface area contributed by atoms with Crippen molar-refractivity contribution in [2.75, 3.05) is 20.3 Å². The van der Waals surface area contributed by atoms with Crippen LogP contribution in [0.5, 0.6) is 0 Å². The molecule has 2 rings (SSSR count). The summed E-state index contributed by atoms with van der Waals surface area (Å²) in [5.41, 5.74) is 0.756. The topological polar surface area (TPSA) is 23.6 Å². The van der Waals surface area contributed by atoms with Crippen LogP contribution in [-0.2, 0) is 0 Å². The fourth-order valence-corrected chi connectivity index (χ4v) is 1.87. The minimum Gasteiger partial charge on any atom is -0.362 e. The molecule has 0 saturated carbocycles. The van der Waals surface area contributed by atoms with Gasteiger partial charge in [-0.2, -0.15) is 0 Å². The lowest BCUT2D eigenvalue weighted by molar-refractivity contribution is 0.0948. The highest BCUT2D eigenvalue weighted by atomic mass is 79.9. The molecule has 0 bridgehead atoms. The van der Waals surface area contributed by atoms with Crippen LogP contribution in [0.3, 0.4) is 0 Å². The summed E-state index contributed by atoms with van der Waals surface area (Å²) in [5.74, 6) is 0.146.